The van der Waals surface area contributed by atoms with Crippen LogP contribution < -0.4 is 53.8 Å². The van der Waals surface area contributed by atoms with E-state index in [9.17, 15) is 94.9 Å². The summed E-state index contributed by atoms with van der Waals surface area (Å²) in [5.41, 5.74) is 0. The molecule has 37 heteroatoms. The second-order valence-electron chi connectivity index (χ2n) is 4.80. The molecule has 1 aliphatic heterocycles. The molecule has 1 saturated heterocycles. The Balaban J connectivity index is 0.000000845. The summed E-state index contributed by atoms with van der Waals surface area (Å²) in [5.74, 6) is 0. The van der Waals surface area contributed by atoms with Crippen molar-refractivity contribution in [3.05, 3.63) is 0 Å². The molecule has 0 bridgehead atoms. The third-order valence-corrected chi connectivity index (χ3v) is 20.8. The molecule has 1 rings (SSSR count). The first kappa shape index (κ1) is 38.8. The van der Waals surface area contributed by atoms with Crippen LogP contribution in [0.2, 0.25) is 0 Å². The summed E-state index contributed by atoms with van der Waals surface area (Å²) in [6, 6.07) is 0. The molecule has 6 atom stereocenters. The minimum absolute atomic E-state index is 2.65. The van der Waals surface area contributed by atoms with Crippen LogP contribution in [-0.2, 0) is 71.3 Å². The third-order valence-electron chi connectivity index (χ3n) is 1.66. The lowest BCUT2D eigenvalue weighted by atomic mass is 15.7. The van der Waals surface area contributed by atoms with Gasteiger partial charge in [0.25, 0.3) is 39.1 Å². The van der Waals surface area contributed by atoms with Gasteiger partial charge in [-0.1, -0.05) is 0 Å². The van der Waals surface area contributed by atoms with Crippen LogP contribution >= 0.6 is 77.3 Å². The molecule has 0 aliphatic carbocycles. The van der Waals surface area contributed by atoms with E-state index in [2.05, 4.69) is 30.2 Å². The molecule has 1 fully saturated rings. The fourth-order valence-corrected chi connectivity index (χ4v) is 18.7. The molecule has 0 aromatic heterocycles. The van der Waals surface area contributed by atoms with Crippen molar-refractivity contribution in [3.63, 3.8) is 0 Å². The standard InChI is InChI=1S/H7O17P7.H5O10P3/c1-19(2)13-20(3,4)15-22(7,8)17-24(11,12)18-23(9,10)16-21(5,6)14-19;1-11(2,3)9-13(7,8)10-12(4,5)6/h18H,(H,1,2)(H,3,4)(H,5,6)(H,7,8)(H,9,10)(H,11,12);(H,7,8)(H2,1,2,3)(H2,4,5,6)/p-11. The Bertz CT molecular complexity index is 1030. The molecule has 0 amide bonds. The van der Waals surface area contributed by atoms with Crippen LogP contribution in [0.3, 0.4) is 0 Å². The van der Waals surface area contributed by atoms with Gasteiger partial charge in [0, 0.05) is 7.96 Å². The molecule has 0 radical (unpaired) electrons. The molecule has 1 heterocycles. The normalized spacial score (nSPS) is 41.6. The summed E-state index contributed by atoms with van der Waals surface area (Å²) in [6.07, 6.45) is 0. The Labute approximate surface area is 202 Å². The predicted octanol–water partition coefficient (Wildman–Crippen LogP) is -6.28. The van der Waals surface area contributed by atoms with Crippen molar-refractivity contribution < 1.29 is 125 Å². The van der Waals surface area contributed by atoms with Gasteiger partial charge in [0.2, 0.25) is 0 Å². The van der Waals surface area contributed by atoms with E-state index < -0.39 is 77.3 Å². The number of hydrogen-bond donors (Lipinski definition) is 0. The molecule has 6 unspecified atom stereocenters. The molecular formula is HO27P10-11. The van der Waals surface area contributed by atoms with Gasteiger partial charge in [0.15, 0.2) is 14.6 Å². The summed E-state index contributed by atoms with van der Waals surface area (Å²) in [5, 5.41) is 0. The Morgan fingerprint density at radius 1 is 0.486 bits per heavy atom. The Morgan fingerprint density at radius 3 is 0.919 bits per heavy atom. The van der Waals surface area contributed by atoms with Crippen molar-refractivity contribution in [3.8, 4) is 0 Å². The Morgan fingerprint density at radius 2 is 0.703 bits per heavy atom. The monoisotopic (exact) mass is 743 g/mol. The van der Waals surface area contributed by atoms with Gasteiger partial charge in [-0.3, -0.25) is 40.1 Å². The van der Waals surface area contributed by atoms with Crippen molar-refractivity contribution in [2.24, 2.45) is 0 Å². The highest BCUT2D eigenvalue weighted by atomic mass is 32.5. The third kappa shape index (κ3) is 19.5. The Kier molecular flexibility index (Phi) is 13.2. The van der Waals surface area contributed by atoms with Gasteiger partial charge in [0.1, 0.15) is 0 Å². The zero-order valence-electron chi connectivity index (χ0n) is 15.5. The van der Waals surface area contributed by atoms with Gasteiger partial charge in [-0.15, -0.1) is 0 Å². The minimum Gasteiger partial charge on any atom is -0.790 e. The topological polar surface area (TPSA) is 472 Å². The van der Waals surface area contributed by atoms with E-state index in [0.29, 0.717) is 0 Å². The summed E-state index contributed by atoms with van der Waals surface area (Å²) >= 11 is 0. The smallest absolute Gasteiger partial charge is 0.280 e. The van der Waals surface area contributed by atoms with Gasteiger partial charge < -0.3 is 72.1 Å². The van der Waals surface area contributed by atoms with Crippen LogP contribution in [0.4, 0.5) is 0 Å². The second kappa shape index (κ2) is 12.6. The predicted molar refractivity (Wildman–Crippen MR) is 84.4 cm³/mol. The highest BCUT2D eigenvalue weighted by Crippen LogP contribution is 2.84. The van der Waals surface area contributed by atoms with E-state index in [1.165, 1.54) is 0 Å². The first-order valence-corrected chi connectivity index (χ1v) is 22.6. The molecular weight excluding hydrogens is 742 g/mol. The summed E-state index contributed by atoms with van der Waals surface area (Å²) in [7, 11) is -58.6. The van der Waals surface area contributed by atoms with Crippen LogP contribution in [-0.4, -0.2) is 0 Å². The lowest BCUT2D eigenvalue weighted by Crippen LogP contribution is -2.22. The average molecular weight is 743 g/mol. The van der Waals surface area contributed by atoms with Crippen molar-refractivity contribution in [1.29, 1.82) is 0 Å². The fraction of sp³-hybridized carbons (Fsp3) is 0. The van der Waals surface area contributed by atoms with Crippen molar-refractivity contribution in [2.75, 3.05) is 0 Å². The first-order chi connectivity index (χ1) is 15.7. The van der Waals surface area contributed by atoms with E-state index in [-0.39, 0.29) is 0 Å². The summed E-state index contributed by atoms with van der Waals surface area (Å²) in [4.78, 5) is 115. The van der Waals surface area contributed by atoms with Gasteiger partial charge in [0.05, 0.1) is 15.6 Å². The highest BCUT2D eigenvalue weighted by Gasteiger charge is 2.35. The average Bonchev–Trinajstić information content (AvgIpc) is 2.29. The van der Waals surface area contributed by atoms with E-state index in [4.69, 9.17) is 0 Å². The van der Waals surface area contributed by atoms with Gasteiger partial charge in [-0.25, -0.2) is 12.9 Å². The molecule has 1 aliphatic rings. The van der Waals surface area contributed by atoms with Crippen LogP contribution in [0, 0.1) is 0 Å². The SMILES string of the molecule is O=P([O-])([O-])OP(=O)([O-])OP(=O)([O-])[O-].O=P1([O-])OP(=O)([O-])OP(=O)([O-])OP(=O)([O-])PP(=O)([O-])OP(=O)([O-])O1. The molecule has 27 nitrogen and oxygen atoms in total. The zero-order chi connectivity index (χ0) is 30.2. The molecule has 0 spiro atoms. The van der Waals surface area contributed by atoms with Crippen LogP contribution in [0.15, 0.2) is 0 Å². The summed E-state index contributed by atoms with van der Waals surface area (Å²) < 4.78 is 117. The molecule has 0 aromatic rings. The van der Waals surface area contributed by atoms with Crippen molar-refractivity contribution >= 4 is 77.3 Å². The Hall–Kier alpha value is 1.78. The molecule has 37 heavy (non-hydrogen) atoms. The molecule has 0 saturated carbocycles. The second-order valence-corrected chi connectivity index (χ2v) is 23.5. The zero-order valence-corrected chi connectivity index (χ0v) is 24.6. The van der Waals surface area contributed by atoms with Crippen LogP contribution in [0.25, 0.3) is 0 Å². The van der Waals surface area contributed by atoms with Crippen molar-refractivity contribution in [2.45, 2.75) is 0 Å². The minimum atomic E-state index is -6.50. The number of hydrogen-bond acceptors (Lipinski definition) is 27. The van der Waals surface area contributed by atoms with E-state index >= 15 is 0 Å². The molecule has 0 aromatic carbocycles. The maximum atomic E-state index is 11.2. The lowest BCUT2D eigenvalue weighted by molar-refractivity contribution is -0.346. The van der Waals surface area contributed by atoms with Gasteiger partial charge in [-0.05, 0) is 0 Å². The number of phosphoric acid groups is 7. The van der Waals surface area contributed by atoms with Crippen LogP contribution in [0.5, 0.6) is 0 Å². The summed E-state index contributed by atoms with van der Waals surface area (Å²) in [6.45, 7) is 0. The van der Waals surface area contributed by atoms with Crippen LogP contribution in [0.1, 0.15) is 0 Å². The van der Waals surface area contributed by atoms with Crippen molar-refractivity contribution in [1.82, 2.24) is 0 Å². The maximum Gasteiger partial charge on any atom is 0.280 e. The van der Waals surface area contributed by atoms with Gasteiger partial charge in [-0.2, -0.15) is 0 Å². The molecule has 0 N–H and O–H groups in total. The highest BCUT2D eigenvalue weighted by molar-refractivity contribution is 8.51. The molecule has 224 valence electrons. The largest absolute Gasteiger partial charge is 0.790 e. The quantitative estimate of drug-likeness (QED) is 0.242. The fourth-order valence-electron chi connectivity index (χ4n) is 1.14. The first-order valence-electron chi connectivity index (χ1n) is 6.65. The van der Waals surface area contributed by atoms with E-state index in [0.717, 1.165) is 0 Å². The van der Waals surface area contributed by atoms with Gasteiger partial charge >= 0.3 is 0 Å². The van der Waals surface area contributed by atoms with E-state index in [1.807, 2.05) is 0 Å². The lowest BCUT2D eigenvalue weighted by Gasteiger charge is -2.41. The maximum absolute atomic E-state index is 11.2. The van der Waals surface area contributed by atoms with E-state index in [1.54, 1.807) is 0 Å². The number of rotatable bonds is 4.